The molecule has 1 saturated carbocycles. The maximum Gasteiger partial charge on any atom is 0.0236 e. The standard InChI is InChI=1S/C18H28N2/c1-15(2)20(13-16-6-4-3-5-7-16)14-17-12-18(17)8-10-19-11-9-18/h3-7,15,17,19H,8-14H2,1-2H3. The average molecular weight is 272 g/mol. The second-order valence-corrected chi connectivity index (χ2v) is 7.02. The van der Waals surface area contributed by atoms with Crippen LogP contribution in [0.2, 0.25) is 0 Å². The summed E-state index contributed by atoms with van der Waals surface area (Å²) >= 11 is 0. The first-order valence-corrected chi connectivity index (χ1v) is 8.18. The highest BCUT2D eigenvalue weighted by atomic mass is 15.2. The normalized spacial score (nSPS) is 24.5. The zero-order chi connectivity index (χ0) is 14.0. The Labute approximate surface area is 123 Å². The molecule has 2 heteroatoms. The predicted molar refractivity (Wildman–Crippen MR) is 84.6 cm³/mol. The van der Waals surface area contributed by atoms with E-state index in [0.29, 0.717) is 11.5 Å². The number of nitrogens with zero attached hydrogens (tertiary/aromatic N) is 1. The number of hydrogen-bond acceptors (Lipinski definition) is 2. The van der Waals surface area contributed by atoms with Gasteiger partial charge < -0.3 is 5.32 Å². The SMILES string of the molecule is CC(C)N(Cc1ccccc1)CC1CC12CCNCC2. The highest BCUT2D eigenvalue weighted by Gasteiger charge is 2.53. The molecule has 1 unspecified atom stereocenters. The van der Waals surface area contributed by atoms with Gasteiger partial charge in [-0.05, 0) is 63.1 Å². The van der Waals surface area contributed by atoms with E-state index in [1.54, 1.807) is 0 Å². The number of hydrogen-bond donors (Lipinski definition) is 1. The van der Waals surface area contributed by atoms with Gasteiger partial charge in [-0.1, -0.05) is 30.3 Å². The molecule has 2 fully saturated rings. The van der Waals surface area contributed by atoms with Crippen LogP contribution in [0, 0.1) is 11.3 Å². The van der Waals surface area contributed by atoms with Crippen molar-refractivity contribution in [3.63, 3.8) is 0 Å². The van der Waals surface area contributed by atoms with Gasteiger partial charge in [0.2, 0.25) is 0 Å². The lowest BCUT2D eigenvalue weighted by Crippen LogP contribution is -2.35. The molecule has 2 nitrogen and oxygen atoms in total. The van der Waals surface area contributed by atoms with Gasteiger partial charge in [0.25, 0.3) is 0 Å². The van der Waals surface area contributed by atoms with Crippen molar-refractivity contribution in [2.75, 3.05) is 19.6 Å². The largest absolute Gasteiger partial charge is 0.317 e. The number of piperidine rings is 1. The van der Waals surface area contributed by atoms with Gasteiger partial charge in [-0.25, -0.2) is 0 Å². The fraction of sp³-hybridized carbons (Fsp3) is 0.667. The van der Waals surface area contributed by atoms with Crippen molar-refractivity contribution in [2.45, 2.75) is 45.7 Å². The van der Waals surface area contributed by atoms with E-state index in [9.17, 15) is 0 Å². The Morgan fingerprint density at radius 1 is 1.20 bits per heavy atom. The van der Waals surface area contributed by atoms with Crippen molar-refractivity contribution in [3.05, 3.63) is 35.9 Å². The minimum absolute atomic E-state index is 0.634. The lowest BCUT2D eigenvalue weighted by Gasteiger charge is -2.29. The molecular formula is C18H28N2. The van der Waals surface area contributed by atoms with Crippen molar-refractivity contribution < 1.29 is 0 Å². The molecule has 2 aliphatic rings. The number of nitrogens with one attached hydrogen (secondary N) is 1. The van der Waals surface area contributed by atoms with Gasteiger partial charge in [0.05, 0.1) is 0 Å². The van der Waals surface area contributed by atoms with Crippen molar-refractivity contribution in [2.24, 2.45) is 11.3 Å². The fourth-order valence-electron chi connectivity index (χ4n) is 3.79. The summed E-state index contributed by atoms with van der Waals surface area (Å²) in [5.74, 6) is 0.940. The summed E-state index contributed by atoms with van der Waals surface area (Å²) in [5, 5.41) is 3.50. The van der Waals surface area contributed by atoms with E-state index in [0.717, 1.165) is 12.5 Å². The second kappa shape index (κ2) is 5.87. The molecule has 1 aromatic rings. The maximum absolute atomic E-state index is 3.50. The van der Waals surface area contributed by atoms with Crippen LogP contribution < -0.4 is 5.32 Å². The van der Waals surface area contributed by atoms with E-state index in [-0.39, 0.29) is 0 Å². The Morgan fingerprint density at radius 3 is 2.55 bits per heavy atom. The van der Waals surface area contributed by atoms with Crippen molar-refractivity contribution >= 4 is 0 Å². The van der Waals surface area contributed by atoms with Gasteiger partial charge in [0.1, 0.15) is 0 Å². The summed E-state index contributed by atoms with van der Waals surface area (Å²) in [7, 11) is 0. The molecule has 1 heterocycles. The predicted octanol–water partition coefficient (Wildman–Crippen LogP) is 3.29. The van der Waals surface area contributed by atoms with E-state index < -0.39 is 0 Å². The number of benzene rings is 1. The lowest BCUT2D eigenvalue weighted by molar-refractivity contribution is 0.183. The van der Waals surface area contributed by atoms with Gasteiger partial charge >= 0.3 is 0 Å². The Hall–Kier alpha value is -0.860. The summed E-state index contributed by atoms with van der Waals surface area (Å²) in [6.07, 6.45) is 4.26. The fourth-order valence-corrected chi connectivity index (χ4v) is 3.79. The van der Waals surface area contributed by atoms with E-state index in [2.05, 4.69) is 54.4 Å². The van der Waals surface area contributed by atoms with Gasteiger partial charge in [-0.3, -0.25) is 4.90 Å². The van der Waals surface area contributed by atoms with E-state index in [4.69, 9.17) is 0 Å². The number of rotatable bonds is 5. The molecule has 1 aromatic carbocycles. The van der Waals surface area contributed by atoms with Crippen molar-refractivity contribution in [1.82, 2.24) is 10.2 Å². The third-order valence-corrected chi connectivity index (χ3v) is 5.37. The first kappa shape index (κ1) is 14.1. The van der Waals surface area contributed by atoms with E-state index in [1.807, 2.05) is 0 Å². The van der Waals surface area contributed by atoms with Gasteiger partial charge in [-0.2, -0.15) is 0 Å². The molecule has 1 spiro atoms. The van der Waals surface area contributed by atoms with Crippen LogP contribution in [0.4, 0.5) is 0 Å². The third-order valence-electron chi connectivity index (χ3n) is 5.37. The van der Waals surface area contributed by atoms with Crippen molar-refractivity contribution in [3.8, 4) is 0 Å². The smallest absolute Gasteiger partial charge is 0.0236 e. The Bertz CT molecular complexity index is 420. The molecule has 1 atom stereocenters. The monoisotopic (exact) mass is 272 g/mol. The molecule has 0 radical (unpaired) electrons. The third kappa shape index (κ3) is 3.07. The maximum atomic E-state index is 3.50. The molecule has 3 rings (SSSR count). The molecule has 1 saturated heterocycles. The zero-order valence-corrected chi connectivity index (χ0v) is 12.9. The Morgan fingerprint density at radius 2 is 1.90 bits per heavy atom. The topological polar surface area (TPSA) is 15.3 Å². The van der Waals surface area contributed by atoms with Gasteiger partial charge in [0, 0.05) is 19.1 Å². The van der Waals surface area contributed by atoms with Gasteiger partial charge in [-0.15, -0.1) is 0 Å². The molecule has 0 bridgehead atoms. The van der Waals surface area contributed by atoms with E-state index in [1.165, 1.54) is 44.5 Å². The van der Waals surface area contributed by atoms with Gasteiger partial charge in [0.15, 0.2) is 0 Å². The summed E-state index contributed by atoms with van der Waals surface area (Å²) < 4.78 is 0. The minimum atomic E-state index is 0.634. The first-order valence-electron chi connectivity index (χ1n) is 8.18. The second-order valence-electron chi connectivity index (χ2n) is 7.02. The summed E-state index contributed by atoms with van der Waals surface area (Å²) in [4.78, 5) is 2.66. The molecule has 0 amide bonds. The quantitative estimate of drug-likeness (QED) is 0.885. The summed E-state index contributed by atoms with van der Waals surface area (Å²) in [6, 6.07) is 11.5. The van der Waals surface area contributed by atoms with Crippen LogP contribution in [0.3, 0.4) is 0 Å². The van der Waals surface area contributed by atoms with Crippen LogP contribution in [-0.4, -0.2) is 30.6 Å². The minimum Gasteiger partial charge on any atom is -0.317 e. The molecular weight excluding hydrogens is 244 g/mol. The molecule has 1 aliphatic heterocycles. The highest BCUT2D eigenvalue weighted by Crippen LogP contribution is 2.58. The molecule has 1 aliphatic carbocycles. The molecule has 20 heavy (non-hydrogen) atoms. The van der Waals surface area contributed by atoms with Crippen LogP contribution in [0.5, 0.6) is 0 Å². The van der Waals surface area contributed by atoms with Crippen LogP contribution >= 0.6 is 0 Å². The molecule has 110 valence electrons. The molecule has 1 N–H and O–H groups in total. The van der Waals surface area contributed by atoms with Crippen LogP contribution in [0.25, 0.3) is 0 Å². The first-order chi connectivity index (χ1) is 9.70. The Kier molecular flexibility index (Phi) is 4.13. The highest BCUT2D eigenvalue weighted by molar-refractivity contribution is 5.15. The lowest BCUT2D eigenvalue weighted by atomic mass is 9.91. The average Bonchev–Trinajstić information content (AvgIpc) is 3.11. The van der Waals surface area contributed by atoms with Crippen LogP contribution in [0.1, 0.15) is 38.7 Å². The molecule has 0 aromatic heterocycles. The van der Waals surface area contributed by atoms with E-state index >= 15 is 0 Å². The summed E-state index contributed by atoms with van der Waals surface area (Å²) in [6.45, 7) is 9.52. The Balaban J connectivity index is 1.58. The zero-order valence-electron chi connectivity index (χ0n) is 12.9. The van der Waals surface area contributed by atoms with Crippen molar-refractivity contribution in [1.29, 1.82) is 0 Å². The summed E-state index contributed by atoms with van der Waals surface area (Å²) in [5.41, 5.74) is 2.15. The van der Waals surface area contributed by atoms with Crippen LogP contribution in [0.15, 0.2) is 30.3 Å². The van der Waals surface area contributed by atoms with Crippen LogP contribution in [-0.2, 0) is 6.54 Å².